The molecule has 1 saturated carbocycles. The van der Waals surface area contributed by atoms with Crippen LogP contribution in [0.15, 0.2) is 12.3 Å². The van der Waals surface area contributed by atoms with E-state index in [1.807, 2.05) is 0 Å². The summed E-state index contributed by atoms with van der Waals surface area (Å²) in [7, 11) is 0. The van der Waals surface area contributed by atoms with Crippen LogP contribution in [0.25, 0.3) is 0 Å². The molecule has 1 aliphatic rings. The Morgan fingerprint density at radius 3 is 3.11 bits per heavy atom. The van der Waals surface area contributed by atoms with Crippen LogP contribution in [0, 0.1) is 5.82 Å². The highest BCUT2D eigenvalue weighted by Gasteiger charge is 2.31. The van der Waals surface area contributed by atoms with Crippen molar-refractivity contribution in [2.24, 2.45) is 5.73 Å². The van der Waals surface area contributed by atoms with E-state index in [1.165, 1.54) is 6.07 Å². The number of pyridine rings is 1. The van der Waals surface area contributed by atoms with E-state index in [4.69, 9.17) is 15.6 Å². The quantitative estimate of drug-likeness (QED) is 0.764. The van der Waals surface area contributed by atoms with Crippen LogP contribution in [0.5, 0.6) is 5.88 Å². The van der Waals surface area contributed by atoms with Gasteiger partial charge in [-0.15, -0.1) is 0 Å². The normalized spacial score (nSPS) is 22.2. The summed E-state index contributed by atoms with van der Waals surface area (Å²) in [6.07, 6.45) is 2.01. The number of aromatic nitrogens is 1. The van der Waals surface area contributed by atoms with Crippen LogP contribution in [-0.4, -0.2) is 28.3 Å². The van der Waals surface area contributed by atoms with Crippen LogP contribution in [-0.2, 0) is 6.54 Å². The molecule has 19 heavy (non-hydrogen) atoms. The number of carboxylic acid groups (broad SMARTS) is 1. The monoisotopic (exact) mass is 269 g/mol. The van der Waals surface area contributed by atoms with Gasteiger partial charge in [0, 0.05) is 12.1 Å². The Kier molecular flexibility index (Phi) is 4.16. The zero-order chi connectivity index (χ0) is 13.8. The van der Waals surface area contributed by atoms with Gasteiger partial charge < -0.3 is 20.9 Å². The molecule has 7 heteroatoms. The summed E-state index contributed by atoms with van der Waals surface area (Å²) >= 11 is 0. The molecule has 0 spiro atoms. The second-order valence-corrected chi connectivity index (χ2v) is 4.47. The summed E-state index contributed by atoms with van der Waals surface area (Å²) < 4.78 is 18.7. The van der Waals surface area contributed by atoms with Crippen molar-refractivity contribution in [3.63, 3.8) is 0 Å². The van der Waals surface area contributed by atoms with Gasteiger partial charge in [0.2, 0.25) is 5.88 Å². The number of nitrogens with zero attached hydrogens (tertiary/aromatic N) is 1. The minimum Gasteiger partial charge on any atom is -0.472 e. The molecule has 1 aromatic rings. The number of hydrogen-bond acceptors (Lipinski definition) is 4. The van der Waals surface area contributed by atoms with Gasteiger partial charge in [-0.1, -0.05) is 0 Å². The van der Waals surface area contributed by atoms with E-state index >= 15 is 0 Å². The second kappa shape index (κ2) is 5.83. The van der Waals surface area contributed by atoms with E-state index in [0.29, 0.717) is 5.56 Å². The molecule has 2 atom stereocenters. The van der Waals surface area contributed by atoms with Gasteiger partial charge in [-0.25, -0.2) is 14.2 Å². The van der Waals surface area contributed by atoms with Crippen LogP contribution in [0.2, 0.25) is 0 Å². The minimum atomic E-state index is -1.08. The van der Waals surface area contributed by atoms with E-state index in [1.54, 1.807) is 0 Å². The summed E-state index contributed by atoms with van der Waals surface area (Å²) in [5.41, 5.74) is 5.99. The Morgan fingerprint density at radius 2 is 2.42 bits per heavy atom. The number of carbonyl (C=O) groups is 1. The van der Waals surface area contributed by atoms with E-state index in [-0.39, 0.29) is 24.6 Å². The van der Waals surface area contributed by atoms with Crippen LogP contribution >= 0.6 is 0 Å². The SMILES string of the molecule is NCc1cc(F)cnc1OC1CCCC1NC(=O)O. The molecular formula is C12H16FN3O3. The molecule has 0 bridgehead atoms. The lowest BCUT2D eigenvalue weighted by Crippen LogP contribution is -2.42. The number of nitrogens with one attached hydrogen (secondary N) is 1. The summed E-state index contributed by atoms with van der Waals surface area (Å²) in [5.74, 6) is -0.201. The third kappa shape index (κ3) is 3.31. The first kappa shape index (κ1) is 13.5. The molecule has 1 aliphatic carbocycles. The number of rotatable bonds is 4. The van der Waals surface area contributed by atoms with Gasteiger partial charge in [0.05, 0.1) is 12.2 Å². The molecular weight excluding hydrogens is 253 g/mol. The van der Waals surface area contributed by atoms with Gasteiger partial charge >= 0.3 is 6.09 Å². The Morgan fingerprint density at radius 1 is 1.63 bits per heavy atom. The summed E-state index contributed by atoms with van der Waals surface area (Å²) in [4.78, 5) is 14.5. The first-order chi connectivity index (χ1) is 9.10. The predicted molar refractivity (Wildman–Crippen MR) is 65.3 cm³/mol. The van der Waals surface area contributed by atoms with Crippen molar-refractivity contribution < 1.29 is 19.0 Å². The lowest BCUT2D eigenvalue weighted by Gasteiger charge is -2.21. The molecule has 1 aromatic heterocycles. The van der Waals surface area contributed by atoms with Crippen LogP contribution < -0.4 is 15.8 Å². The standard InChI is InChI=1S/C12H16FN3O3/c13-8-4-7(5-14)11(15-6-8)19-10-3-1-2-9(10)16-12(17)18/h4,6,9-10,16H,1-3,5,14H2,(H,17,18). The van der Waals surface area contributed by atoms with Crippen LogP contribution in [0.4, 0.5) is 9.18 Å². The van der Waals surface area contributed by atoms with Crippen molar-refractivity contribution in [2.45, 2.75) is 38.0 Å². The zero-order valence-corrected chi connectivity index (χ0v) is 10.3. The fourth-order valence-electron chi connectivity index (χ4n) is 2.26. The number of hydrogen-bond donors (Lipinski definition) is 3. The third-order valence-corrected chi connectivity index (χ3v) is 3.14. The van der Waals surface area contributed by atoms with Gasteiger partial charge in [-0.3, -0.25) is 0 Å². The molecule has 4 N–H and O–H groups in total. The number of nitrogens with two attached hydrogens (primary N) is 1. The molecule has 0 aromatic carbocycles. The van der Waals surface area contributed by atoms with E-state index < -0.39 is 11.9 Å². The van der Waals surface area contributed by atoms with Crippen molar-refractivity contribution >= 4 is 6.09 Å². The Balaban J connectivity index is 2.09. The van der Waals surface area contributed by atoms with Crippen molar-refractivity contribution in [1.29, 1.82) is 0 Å². The smallest absolute Gasteiger partial charge is 0.405 e. The lowest BCUT2D eigenvalue weighted by atomic mass is 10.2. The summed E-state index contributed by atoms with van der Waals surface area (Å²) in [6.45, 7) is 0.115. The summed E-state index contributed by atoms with van der Waals surface area (Å²) in [5, 5.41) is 11.2. The average molecular weight is 269 g/mol. The molecule has 0 radical (unpaired) electrons. The highest BCUT2D eigenvalue weighted by Crippen LogP contribution is 2.26. The second-order valence-electron chi connectivity index (χ2n) is 4.47. The fourth-order valence-corrected chi connectivity index (χ4v) is 2.26. The van der Waals surface area contributed by atoms with Crippen molar-refractivity contribution in [3.8, 4) is 5.88 Å². The first-order valence-corrected chi connectivity index (χ1v) is 6.10. The maximum absolute atomic E-state index is 13.0. The lowest BCUT2D eigenvalue weighted by molar-refractivity contribution is 0.149. The van der Waals surface area contributed by atoms with E-state index in [2.05, 4.69) is 10.3 Å². The molecule has 2 unspecified atom stereocenters. The van der Waals surface area contributed by atoms with E-state index in [9.17, 15) is 9.18 Å². The largest absolute Gasteiger partial charge is 0.472 e. The number of ether oxygens (including phenoxy) is 1. The van der Waals surface area contributed by atoms with Crippen LogP contribution in [0.3, 0.4) is 0 Å². The Hall–Kier alpha value is -1.89. The molecule has 2 rings (SSSR count). The average Bonchev–Trinajstić information content (AvgIpc) is 2.78. The molecule has 1 fully saturated rings. The van der Waals surface area contributed by atoms with Gasteiger partial charge in [0.25, 0.3) is 0 Å². The van der Waals surface area contributed by atoms with Gasteiger partial charge in [-0.05, 0) is 25.3 Å². The van der Waals surface area contributed by atoms with Crippen molar-refractivity contribution in [1.82, 2.24) is 10.3 Å². The third-order valence-electron chi connectivity index (χ3n) is 3.14. The minimum absolute atomic E-state index is 0.115. The fraction of sp³-hybridized carbons (Fsp3) is 0.500. The Bertz CT molecular complexity index is 470. The molecule has 0 aliphatic heterocycles. The van der Waals surface area contributed by atoms with Crippen LogP contribution in [0.1, 0.15) is 24.8 Å². The zero-order valence-electron chi connectivity index (χ0n) is 10.3. The topological polar surface area (TPSA) is 97.5 Å². The molecule has 0 saturated heterocycles. The molecule has 104 valence electrons. The predicted octanol–water partition coefficient (Wildman–Crippen LogP) is 1.25. The summed E-state index contributed by atoms with van der Waals surface area (Å²) in [6, 6.07) is 1.01. The number of halogens is 1. The van der Waals surface area contributed by atoms with Gasteiger partial charge in [0.1, 0.15) is 11.9 Å². The maximum atomic E-state index is 13.0. The highest BCUT2D eigenvalue weighted by molar-refractivity contribution is 5.65. The molecule has 6 nitrogen and oxygen atoms in total. The van der Waals surface area contributed by atoms with Gasteiger partial charge in [-0.2, -0.15) is 0 Å². The molecule has 1 amide bonds. The number of amides is 1. The van der Waals surface area contributed by atoms with Crippen molar-refractivity contribution in [3.05, 3.63) is 23.6 Å². The van der Waals surface area contributed by atoms with Gasteiger partial charge in [0.15, 0.2) is 0 Å². The van der Waals surface area contributed by atoms with Crippen molar-refractivity contribution in [2.75, 3.05) is 0 Å². The Labute approximate surface area is 109 Å². The maximum Gasteiger partial charge on any atom is 0.405 e. The molecule has 1 heterocycles. The first-order valence-electron chi connectivity index (χ1n) is 6.10. The highest BCUT2D eigenvalue weighted by atomic mass is 19.1. The van der Waals surface area contributed by atoms with E-state index in [0.717, 1.165) is 25.5 Å².